The lowest BCUT2D eigenvalue weighted by atomic mass is 10.2. The van der Waals surface area contributed by atoms with E-state index in [2.05, 4.69) is 30.3 Å². The highest BCUT2D eigenvalue weighted by Crippen LogP contribution is 2.30. The van der Waals surface area contributed by atoms with Gasteiger partial charge in [0.15, 0.2) is 0 Å². The van der Waals surface area contributed by atoms with Gasteiger partial charge in [-0.1, -0.05) is 18.2 Å². The SMILES string of the molecule is COC(=O)Nc1ccc(N=Nc2ccccc2)c(NC(=O)OC)c1. The number of ether oxygens (including phenoxy) is 2. The molecule has 0 heterocycles. The molecule has 0 aromatic heterocycles. The first kappa shape index (κ1) is 16.9. The standard InChI is InChI=1S/C16H16N4O4/c1-23-15(21)17-12-8-9-13(14(10-12)18-16(22)24-2)20-19-11-6-4-3-5-7-11/h3-10H,1-2H3,(H,17,21)(H,18,22). The number of carbonyl (C=O) groups excluding carboxylic acids is 2. The van der Waals surface area contributed by atoms with Crippen molar-refractivity contribution in [3.63, 3.8) is 0 Å². The van der Waals surface area contributed by atoms with Crippen LogP contribution in [0.4, 0.5) is 32.3 Å². The highest BCUT2D eigenvalue weighted by molar-refractivity contribution is 5.92. The molecule has 8 nitrogen and oxygen atoms in total. The molecule has 2 aromatic carbocycles. The second-order valence-corrected chi connectivity index (χ2v) is 4.50. The Balaban J connectivity index is 2.29. The zero-order chi connectivity index (χ0) is 17.4. The number of methoxy groups -OCH3 is 2. The molecule has 0 unspecified atom stereocenters. The summed E-state index contributed by atoms with van der Waals surface area (Å²) in [7, 11) is 2.50. The van der Waals surface area contributed by atoms with Crippen LogP contribution in [0.2, 0.25) is 0 Å². The van der Waals surface area contributed by atoms with E-state index < -0.39 is 12.2 Å². The van der Waals surface area contributed by atoms with Crippen LogP contribution in [-0.4, -0.2) is 26.4 Å². The second-order valence-electron chi connectivity index (χ2n) is 4.50. The van der Waals surface area contributed by atoms with Crippen LogP contribution < -0.4 is 10.6 Å². The van der Waals surface area contributed by atoms with Crippen molar-refractivity contribution in [1.82, 2.24) is 0 Å². The lowest BCUT2D eigenvalue weighted by molar-refractivity contribution is 0.186. The van der Waals surface area contributed by atoms with E-state index in [9.17, 15) is 9.59 Å². The van der Waals surface area contributed by atoms with Gasteiger partial charge in [-0.2, -0.15) is 5.11 Å². The van der Waals surface area contributed by atoms with Crippen LogP contribution in [0, 0.1) is 0 Å². The van der Waals surface area contributed by atoms with E-state index in [1.807, 2.05) is 18.2 Å². The molecule has 2 aromatic rings. The molecule has 0 bridgehead atoms. The molecule has 0 saturated carbocycles. The molecule has 0 spiro atoms. The van der Waals surface area contributed by atoms with Crippen LogP contribution in [0.5, 0.6) is 0 Å². The Labute approximate surface area is 138 Å². The van der Waals surface area contributed by atoms with E-state index in [1.54, 1.807) is 24.3 Å². The maximum atomic E-state index is 11.5. The van der Waals surface area contributed by atoms with Gasteiger partial charge >= 0.3 is 12.2 Å². The normalized spacial score (nSPS) is 10.2. The molecule has 124 valence electrons. The van der Waals surface area contributed by atoms with Gasteiger partial charge < -0.3 is 9.47 Å². The van der Waals surface area contributed by atoms with E-state index in [-0.39, 0.29) is 0 Å². The molecule has 2 rings (SSSR count). The smallest absolute Gasteiger partial charge is 0.411 e. The quantitative estimate of drug-likeness (QED) is 0.809. The van der Waals surface area contributed by atoms with Crippen molar-refractivity contribution in [1.29, 1.82) is 0 Å². The molecular weight excluding hydrogens is 312 g/mol. The Morgan fingerprint density at radius 3 is 2.21 bits per heavy atom. The molecule has 0 fully saturated rings. The Bertz CT molecular complexity index is 747. The van der Waals surface area contributed by atoms with E-state index >= 15 is 0 Å². The average molecular weight is 328 g/mol. The fraction of sp³-hybridized carbons (Fsp3) is 0.125. The third-order valence-electron chi connectivity index (χ3n) is 2.88. The molecule has 0 radical (unpaired) electrons. The van der Waals surface area contributed by atoms with Gasteiger partial charge in [-0.3, -0.25) is 10.6 Å². The number of benzene rings is 2. The minimum Gasteiger partial charge on any atom is -0.453 e. The number of nitrogens with zero attached hydrogens (tertiary/aromatic N) is 2. The Kier molecular flexibility index (Phi) is 5.84. The zero-order valence-electron chi connectivity index (χ0n) is 13.1. The summed E-state index contributed by atoms with van der Waals surface area (Å²) < 4.78 is 9.11. The van der Waals surface area contributed by atoms with Crippen LogP contribution in [0.25, 0.3) is 0 Å². The number of anilines is 2. The number of azo groups is 1. The summed E-state index contributed by atoms with van der Waals surface area (Å²) in [6.45, 7) is 0. The van der Waals surface area contributed by atoms with Crippen LogP contribution in [0.1, 0.15) is 0 Å². The van der Waals surface area contributed by atoms with Crippen LogP contribution >= 0.6 is 0 Å². The van der Waals surface area contributed by atoms with E-state index in [0.717, 1.165) is 0 Å². The van der Waals surface area contributed by atoms with Gasteiger partial charge in [0.1, 0.15) is 5.69 Å². The molecule has 0 atom stereocenters. The van der Waals surface area contributed by atoms with Crippen LogP contribution in [-0.2, 0) is 9.47 Å². The predicted octanol–water partition coefficient (Wildman–Crippen LogP) is 4.46. The molecule has 2 N–H and O–H groups in total. The minimum atomic E-state index is -0.665. The molecule has 0 aliphatic heterocycles. The van der Waals surface area contributed by atoms with Gasteiger partial charge in [0, 0.05) is 5.69 Å². The molecular formula is C16H16N4O4. The van der Waals surface area contributed by atoms with Crippen molar-refractivity contribution in [3.8, 4) is 0 Å². The number of amides is 2. The summed E-state index contributed by atoms with van der Waals surface area (Å²) in [6.07, 6.45) is -1.29. The number of carbonyl (C=O) groups is 2. The van der Waals surface area contributed by atoms with Crippen LogP contribution in [0.3, 0.4) is 0 Å². The highest BCUT2D eigenvalue weighted by Gasteiger charge is 2.09. The number of nitrogens with one attached hydrogen (secondary N) is 2. The minimum absolute atomic E-state index is 0.329. The van der Waals surface area contributed by atoms with Crippen molar-refractivity contribution in [2.24, 2.45) is 10.2 Å². The molecule has 0 aliphatic rings. The van der Waals surface area contributed by atoms with Gasteiger partial charge in [0.25, 0.3) is 0 Å². The van der Waals surface area contributed by atoms with Crippen molar-refractivity contribution >= 4 is 34.9 Å². The molecule has 0 aliphatic carbocycles. The fourth-order valence-electron chi connectivity index (χ4n) is 1.74. The van der Waals surface area contributed by atoms with Crippen LogP contribution in [0.15, 0.2) is 58.8 Å². The van der Waals surface area contributed by atoms with Crippen molar-refractivity contribution in [2.75, 3.05) is 24.9 Å². The highest BCUT2D eigenvalue weighted by atomic mass is 16.5. The first-order chi connectivity index (χ1) is 11.6. The summed E-state index contributed by atoms with van der Waals surface area (Å²) >= 11 is 0. The first-order valence-corrected chi connectivity index (χ1v) is 6.93. The molecule has 24 heavy (non-hydrogen) atoms. The summed E-state index contributed by atoms with van der Waals surface area (Å²) in [5, 5.41) is 13.2. The molecule has 2 amide bonds. The number of rotatable bonds is 4. The third kappa shape index (κ3) is 4.80. The Morgan fingerprint density at radius 1 is 0.875 bits per heavy atom. The topological polar surface area (TPSA) is 101 Å². The fourth-order valence-corrected chi connectivity index (χ4v) is 1.74. The Morgan fingerprint density at radius 2 is 1.54 bits per heavy atom. The predicted molar refractivity (Wildman–Crippen MR) is 89.1 cm³/mol. The third-order valence-corrected chi connectivity index (χ3v) is 2.88. The monoisotopic (exact) mass is 328 g/mol. The average Bonchev–Trinajstić information content (AvgIpc) is 2.61. The Hall–Kier alpha value is -3.42. The van der Waals surface area contributed by atoms with Gasteiger partial charge in [0.05, 0.1) is 25.6 Å². The van der Waals surface area contributed by atoms with Gasteiger partial charge in [-0.05, 0) is 30.3 Å². The summed E-state index contributed by atoms with van der Waals surface area (Å²) in [5.74, 6) is 0. The first-order valence-electron chi connectivity index (χ1n) is 6.93. The summed E-state index contributed by atoms with van der Waals surface area (Å²) in [5.41, 5.74) is 1.82. The molecule has 8 heteroatoms. The van der Waals surface area contributed by atoms with Gasteiger partial charge in [0.2, 0.25) is 0 Å². The zero-order valence-corrected chi connectivity index (χ0v) is 13.1. The molecule has 0 saturated heterocycles. The van der Waals surface area contributed by atoms with Crippen molar-refractivity contribution in [2.45, 2.75) is 0 Å². The lowest BCUT2D eigenvalue weighted by Crippen LogP contribution is -2.13. The van der Waals surface area contributed by atoms with E-state index in [1.165, 1.54) is 20.3 Å². The largest absolute Gasteiger partial charge is 0.453 e. The number of hydrogen-bond acceptors (Lipinski definition) is 6. The van der Waals surface area contributed by atoms with Gasteiger partial charge in [-0.15, -0.1) is 5.11 Å². The second kappa shape index (κ2) is 8.28. The van der Waals surface area contributed by atoms with Crippen molar-refractivity contribution in [3.05, 3.63) is 48.5 Å². The van der Waals surface area contributed by atoms with Gasteiger partial charge in [-0.25, -0.2) is 9.59 Å². The van der Waals surface area contributed by atoms with Crippen molar-refractivity contribution < 1.29 is 19.1 Å². The maximum Gasteiger partial charge on any atom is 0.411 e. The van der Waals surface area contributed by atoms with E-state index in [4.69, 9.17) is 0 Å². The maximum absolute atomic E-state index is 11.5. The summed E-state index contributed by atoms with van der Waals surface area (Å²) in [4.78, 5) is 22.8. The summed E-state index contributed by atoms with van der Waals surface area (Å²) in [6, 6.07) is 13.9. The van der Waals surface area contributed by atoms with E-state index in [0.29, 0.717) is 22.7 Å². The number of hydrogen-bond donors (Lipinski definition) is 2. The lowest BCUT2D eigenvalue weighted by Gasteiger charge is -2.09.